The summed E-state index contributed by atoms with van der Waals surface area (Å²) in [5.74, 6) is 0. The predicted octanol–water partition coefficient (Wildman–Crippen LogP) is 3.13. The Hall–Kier alpha value is -1.84. The lowest BCUT2D eigenvalue weighted by Gasteiger charge is -2.19. The Morgan fingerprint density at radius 1 is 1.29 bits per heavy atom. The topological polar surface area (TPSA) is 44.1 Å². The third-order valence-electron chi connectivity index (χ3n) is 2.27. The van der Waals surface area contributed by atoms with E-state index in [1.54, 1.807) is 6.20 Å². The van der Waals surface area contributed by atoms with Gasteiger partial charge in [0.2, 0.25) is 0 Å². The Balaban J connectivity index is 2.40. The molecule has 2 heterocycles. The molecule has 2 rings (SSSR count). The second-order valence-electron chi connectivity index (χ2n) is 5.02. The minimum atomic E-state index is -0.494. The Morgan fingerprint density at radius 2 is 2.00 bits per heavy atom. The van der Waals surface area contributed by atoms with E-state index in [0.29, 0.717) is 0 Å². The number of carbonyl (C=O) groups is 1. The number of hydrogen-bond acceptors (Lipinski definition) is 3. The number of ether oxygens (including phenoxy) is 1. The molecule has 0 fully saturated rings. The highest BCUT2D eigenvalue weighted by Crippen LogP contribution is 2.16. The van der Waals surface area contributed by atoms with Gasteiger partial charge in [-0.1, -0.05) is 0 Å². The van der Waals surface area contributed by atoms with Crippen molar-refractivity contribution in [2.24, 2.45) is 0 Å². The third-order valence-corrected chi connectivity index (χ3v) is 2.27. The van der Waals surface area contributed by atoms with Crippen molar-refractivity contribution in [1.82, 2.24) is 9.55 Å². The summed E-state index contributed by atoms with van der Waals surface area (Å²) in [6, 6.07) is 5.57. The maximum Gasteiger partial charge on any atom is 0.419 e. The molecule has 0 aliphatic heterocycles. The van der Waals surface area contributed by atoms with E-state index in [0.717, 1.165) is 16.7 Å². The summed E-state index contributed by atoms with van der Waals surface area (Å²) in [4.78, 5) is 16.3. The second kappa shape index (κ2) is 3.87. The van der Waals surface area contributed by atoms with Crippen LogP contribution in [-0.2, 0) is 4.74 Å². The van der Waals surface area contributed by atoms with Gasteiger partial charge >= 0.3 is 6.09 Å². The van der Waals surface area contributed by atoms with Crippen molar-refractivity contribution in [2.75, 3.05) is 0 Å². The highest BCUT2D eigenvalue weighted by molar-refractivity contribution is 5.87. The van der Waals surface area contributed by atoms with Gasteiger partial charge in [0.1, 0.15) is 5.60 Å². The van der Waals surface area contributed by atoms with Crippen molar-refractivity contribution in [3.05, 3.63) is 30.1 Å². The van der Waals surface area contributed by atoms with Gasteiger partial charge < -0.3 is 4.74 Å². The molecule has 0 saturated carbocycles. The first-order chi connectivity index (χ1) is 7.87. The molecule has 4 heteroatoms. The fourth-order valence-electron chi connectivity index (χ4n) is 1.59. The first kappa shape index (κ1) is 11.6. The van der Waals surface area contributed by atoms with Crippen LogP contribution in [0.2, 0.25) is 0 Å². The van der Waals surface area contributed by atoms with Crippen LogP contribution in [0.3, 0.4) is 0 Å². The summed E-state index contributed by atoms with van der Waals surface area (Å²) in [5.41, 5.74) is 2.01. The second-order valence-corrected chi connectivity index (χ2v) is 5.02. The van der Waals surface area contributed by atoms with Crippen molar-refractivity contribution in [3.8, 4) is 0 Å². The summed E-state index contributed by atoms with van der Waals surface area (Å²) in [6.45, 7) is 7.46. The Labute approximate surface area is 100 Å². The zero-order chi connectivity index (χ0) is 12.6. The zero-order valence-corrected chi connectivity index (χ0v) is 10.5. The Bertz CT molecular complexity index is 564. The van der Waals surface area contributed by atoms with Crippen molar-refractivity contribution in [1.29, 1.82) is 0 Å². The van der Waals surface area contributed by atoms with E-state index < -0.39 is 5.60 Å². The lowest BCUT2D eigenvalue weighted by molar-refractivity contribution is 0.0544. The summed E-state index contributed by atoms with van der Waals surface area (Å²) in [6.07, 6.45) is 1.31. The van der Waals surface area contributed by atoms with Crippen LogP contribution in [0.4, 0.5) is 4.79 Å². The molecule has 0 radical (unpaired) electrons. The number of pyridine rings is 1. The van der Waals surface area contributed by atoms with Crippen LogP contribution in [0.1, 0.15) is 26.5 Å². The van der Waals surface area contributed by atoms with Gasteiger partial charge in [0.05, 0.1) is 11.0 Å². The fraction of sp³-hybridized carbons (Fsp3) is 0.385. The van der Waals surface area contributed by atoms with Gasteiger partial charge in [0, 0.05) is 11.9 Å². The van der Waals surface area contributed by atoms with Crippen LogP contribution >= 0.6 is 0 Å². The van der Waals surface area contributed by atoms with E-state index in [1.165, 1.54) is 4.57 Å². The summed E-state index contributed by atoms with van der Waals surface area (Å²) in [7, 11) is 0. The zero-order valence-electron chi connectivity index (χ0n) is 10.5. The number of carbonyl (C=O) groups excluding carboxylic acids is 1. The molecule has 0 aliphatic carbocycles. The number of aryl methyl sites for hydroxylation is 1. The largest absolute Gasteiger partial charge is 0.443 e. The van der Waals surface area contributed by atoms with E-state index in [-0.39, 0.29) is 6.09 Å². The van der Waals surface area contributed by atoms with E-state index in [9.17, 15) is 4.79 Å². The van der Waals surface area contributed by atoms with Gasteiger partial charge in [0.15, 0.2) is 0 Å². The number of rotatable bonds is 0. The van der Waals surface area contributed by atoms with Crippen LogP contribution in [0.5, 0.6) is 0 Å². The molecular formula is C13H16N2O2. The summed E-state index contributed by atoms with van der Waals surface area (Å²) in [5, 5.41) is 0. The first-order valence-corrected chi connectivity index (χ1v) is 5.55. The SMILES string of the molecule is Cc1ccc2c(ccn2C(=O)OC(C)(C)C)n1. The Morgan fingerprint density at radius 3 is 2.65 bits per heavy atom. The molecule has 0 atom stereocenters. The van der Waals surface area contributed by atoms with Gasteiger partial charge in [-0.2, -0.15) is 0 Å². The van der Waals surface area contributed by atoms with Crippen molar-refractivity contribution in [2.45, 2.75) is 33.3 Å². The maximum atomic E-state index is 11.9. The molecular weight excluding hydrogens is 216 g/mol. The molecule has 0 unspecified atom stereocenters. The van der Waals surface area contributed by atoms with E-state index in [2.05, 4.69) is 4.98 Å². The molecule has 90 valence electrons. The monoisotopic (exact) mass is 232 g/mol. The summed E-state index contributed by atoms with van der Waals surface area (Å²) >= 11 is 0. The van der Waals surface area contributed by atoms with E-state index in [4.69, 9.17) is 4.74 Å². The smallest absolute Gasteiger partial charge is 0.419 e. The summed E-state index contributed by atoms with van der Waals surface area (Å²) < 4.78 is 6.80. The minimum Gasteiger partial charge on any atom is -0.443 e. The Kier molecular flexibility index (Phi) is 2.65. The molecule has 2 aromatic heterocycles. The molecule has 0 amide bonds. The van der Waals surface area contributed by atoms with Crippen LogP contribution < -0.4 is 0 Å². The number of aromatic nitrogens is 2. The van der Waals surface area contributed by atoms with Crippen LogP contribution in [0.15, 0.2) is 24.4 Å². The fourth-order valence-corrected chi connectivity index (χ4v) is 1.59. The normalized spacial score (nSPS) is 11.8. The van der Waals surface area contributed by atoms with Gasteiger partial charge in [-0.15, -0.1) is 0 Å². The molecule has 0 N–H and O–H groups in total. The average Bonchev–Trinajstić information content (AvgIpc) is 2.57. The lowest BCUT2D eigenvalue weighted by atomic mass is 10.2. The maximum absolute atomic E-state index is 11.9. The number of nitrogens with zero attached hydrogens (tertiary/aromatic N) is 2. The molecule has 0 aromatic carbocycles. The lowest BCUT2D eigenvalue weighted by Crippen LogP contribution is -2.26. The molecule has 0 aliphatic rings. The molecule has 0 spiro atoms. The molecule has 2 aromatic rings. The standard InChI is InChI=1S/C13H16N2O2/c1-9-5-6-11-10(14-9)7-8-15(11)12(16)17-13(2,3)4/h5-8H,1-4H3. The van der Waals surface area contributed by atoms with Crippen molar-refractivity contribution < 1.29 is 9.53 Å². The van der Waals surface area contributed by atoms with Crippen molar-refractivity contribution in [3.63, 3.8) is 0 Å². The van der Waals surface area contributed by atoms with Crippen LogP contribution in [0.25, 0.3) is 11.0 Å². The first-order valence-electron chi connectivity index (χ1n) is 5.55. The van der Waals surface area contributed by atoms with Gasteiger partial charge in [-0.25, -0.2) is 4.79 Å². The van der Waals surface area contributed by atoms with E-state index in [1.807, 2.05) is 45.9 Å². The van der Waals surface area contributed by atoms with Crippen LogP contribution in [0, 0.1) is 6.92 Å². The molecule has 4 nitrogen and oxygen atoms in total. The highest BCUT2D eigenvalue weighted by atomic mass is 16.6. The van der Waals surface area contributed by atoms with E-state index >= 15 is 0 Å². The average molecular weight is 232 g/mol. The van der Waals surface area contributed by atoms with Gasteiger partial charge in [0.25, 0.3) is 0 Å². The molecule has 0 bridgehead atoms. The van der Waals surface area contributed by atoms with Gasteiger partial charge in [-0.3, -0.25) is 9.55 Å². The molecule has 17 heavy (non-hydrogen) atoms. The van der Waals surface area contributed by atoms with Gasteiger partial charge in [-0.05, 0) is 45.9 Å². The van der Waals surface area contributed by atoms with Crippen LogP contribution in [-0.4, -0.2) is 21.2 Å². The number of hydrogen-bond donors (Lipinski definition) is 0. The third kappa shape index (κ3) is 2.46. The predicted molar refractivity (Wildman–Crippen MR) is 66.1 cm³/mol. The highest BCUT2D eigenvalue weighted by Gasteiger charge is 2.19. The van der Waals surface area contributed by atoms with Crippen molar-refractivity contribution >= 4 is 17.1 Å². The quantitative estimate of drug-likeness (QED) is 0.701. The minimum absolute atomic E-state index is 0.377. The number of fused-ring (bicyclic) bond motifs is 1. The molecule has 0 saturated heterocycles.